The minimum Gasteiger partial charge on any atom is -0.481 e. The molecule has 1 saturated carbocycles. The predicted molar refractivity (Wildman–Crippen MR) is 67.4 cm³/mol. The number of thioether (sulfide) groups is 1. The van der Waals surface area contributed by atoms with Gasteiger partial charge < -0.3 is 5.11 Å². The molecule has 1 aliphatic rings. The molecule has 2 atom stereocenters. The number of hydrogen-bond donors (Lipinski definition) is 1. The molecular weight excluding hydrogens is 252 g/mol. The van der Waals surface area contributed by atoms with E-state index in [2.05, 4.69) is 29.4 Å². The molecule has 1 heterocycles. The van der Waals surface area contributed by atoms with Crippen molar-refractivity contribution in [2.75, 3.05) is 5.75 Å². The molecule has 0 bridgehead atoms. The van der Waals surface area contributed by atoms with Crippen LogP contribution in [0.4, 0.5) is 0 Å². The maximum absolute atomic E-state index is 10.6. The number of aliphatic carboxylic acids is 1. The van der Waals surface area contributed by atoms with Crippen LogP contribution in [0.5, 0.6) is 0 Å². The molecule has 2 unspecified atom stereocenters. The van der Waals surface area contributed by atoms with Gasteiger partial charge in [-0.1, -0.05) is 25.6 Å². The molecule has 1 aromatic heterocycles. The van der Waals surface area contributed by atoms with Crippen LogP contribution in [0.3, 0.4) is 0 Å². The Kier molecular flexibility index (Phi) is 4.21. The van der Waals surface area contributed by atoms with Crippen molar-refractivity contribution in [3.8, 4) is 0 Å². The van der Waals surface area contributed by atoms with E-state index in [9.17, 15) is 4.79 Å². The van der Waals surface area contributed by atoms with Gasteiger partial charge in [0.1, 0.15) is 0 Å². The van der Waals surface area contributed by atoms with Crippen LogP contribution in [0.2, 0.25) is 0 Å². The maximum atomic E-state index is 10.6. The molecule has 18 heavy (non-hydrogen) atoms. The zero-order valence-corrected chi connectivity index (χ0v) is 11.4. The molecule has 1 aliphatic carbocycles. The second-order valence-corrected chi connectivity index (χ2v) is 6.10. The van der Waals surface area contributed by atoms with Gasteiger partial charge in [0.15, 0.2) is 0 Å². The Morgan fingerprint density at radius 1 is 1.39 bits per heavy atom. The second-order valence-electron chi connectivity index (χ2n) is 5.16. The average molecular weight is 270 g/mol. The van der Waals surface area contributed by atoms with Gasteiger partial charge in [-0.25, -0.2) is 4.68 Å². The van der Waals surface area contributed by atoms with Crippen molar-refractivity contribution < 1.29 is 9.90 Å². The number of tetrazole rings is 1. The normalized spacial score (nSPS) is 28.2. The fourth-order valence-electron chi connectivity index (χ4n) is 2.74. The molecule has 0 spiro atoms. The molecule has 100 valence electrons. The molecule has 0 aromatic carbocycles. The first kappa shape index (κ1) is 13.3. The highest BCUT2D eigenvalue weighted by Gasteiger charge is 2.27. The van der Waals surface area contributed by atoms with E-state index in [-0.39, 0.29) is 5.75 Å². The molecule has 6 nitrogen and oxygen atoms in total. The maximum Gasteiger partial charge on any atom is 0.313 e. The number of carboxylic acid groups (broad SMARTS) is 1. The molecule has 2 rings (SSSR count). The van der Waals surface area contributed by atoms with E-state index in [4.69, 9.17) is 5.11 Å². The fraction of sp³-hybridized carbons (Fsp3) is 0.818. The SMILES string of the molecule is CC1CC(C)CC(n2nnnc2SCC(=O)O)C1. The van der Waals surface area contributed by atoms with Gasteiger partial charge in [-0.3, -0.25) is 4.79 Å². The van der Waals surface area contributed by atoms with Crippen LogP contribution in [-0.2, 0) is 4.79 Å². The van der Waals surface area contributed by atoms with Gasteiger partial charge in [0.2, 0.25) is 5.16 Å². The Hall–Kier alpha value is -1.11. The van der Waals surface area contributed by atoms with Crippen LogP contribution in [0.15, 0.2) is 5.16 Å². The summed E-state index contributed by atoms with van der Waals surface area (Å²) in [4.78, 5) is 10.6. The number of aromatic nitrogens is 4. The Morgan fingerprint density at radius 3 is 2.67 bits per heavy atom. The third-order valence-corrected chi connectivity index (χ3v) is 4.21. The molecule has 7 heteroatoms. The van der Waals surface area contributed by atoms with Gasteiger partial charge >= 0.3 is 5.97 Å². The average Bonchev–Trinajstić information content (AvgIpc) is 2.72. The molecule has 1 N–H and O–H groups in total. The second kappa shape index (κ2) is 5.69. The van der Waals surface area contributed by atoms with Crippen LogP contribution in [0.1, 0.15) is 39.2 Å². The van der Waals surface area contributed by atoms with Crippen molar-refractivity contribution in [1.82, 2.24) is 20.2 Å². The molecule has 0 radical (unpaired) electrons. The zero-order valence-electron chi connectivity index (χ0n) is 10.6. The Labute approximate surface area is 110 Å². The standard InChI is InChI=1S/C11H18N4O2S/c1-7-3-8(2)5-9(4-7)15-11(12-13-14-15)18-6-10(16)17/h7-9H,3-6H2,1-2H3,(H,16,17). The summed E-state index contributed by atoms with van der Waals surface area (Å²) in [6, 6.07) is 0.301. The number of carboxylic acids is 1. The predicted octanol–water partition coefficient (Wildman–Crippen LogP) is 1.85. The topological polar surface area (TPSA) is 80.9 Å². The van der Waals surface area contributed by atoms with Crippen LogP contribution < -0.4 is 0 Å². The summed E-state index contributed by atoms with van der Waals surface area (Å²) in [6.45, 7) is 4.49. The van der Waals surface area contributed by atoms with Gasteiger partial charge in [-0.15, -0.1) is 5.10 Å². The number of nitrogens with zero attached hydrogens (tertiary/aromatic N) is 4. The highest BCUT2D eigenvalue weighted by Crippen LogP contribution is 2.36. The van der Waals surface area contributed by atoms with Crippen LogP contribution in [0.25, 0.3) is 0 Å². The highest BCUT2D eigenvalue weighted by atomic mass is 32.2. The molecule has 0 saturated heterocycles. The van der Waals surface area contributed by atoms with E-state index in [1.807, 2.05) is 0 Å². The quantitative estimate of drug-likeness (QED) is 0.841. The van der Waals surface area contributed by atoms with Crippen LogP contribution in [0, 0.1) is 11.8 Å². The summed E-state index contributed by atoms with van der Waals surface area (Å²) in [7, 11) is 0. The summed E-state index contributed by atoms with van der Waals surface area (Å²) >= 11 is 1.19. The van der Waals surface area contributed by atoms with E-state index in [0.29, 0.717) is 23.0 Å². The van der Waals surface area contributed by atoms with Gasteiger partial charge in [-0.05, 0) is 41.5 Å². The van der Waals surface area contributed by atoms with Gasteiger partial charge in [-0.2, -0.15) is 0 Å². The van der Waals surface area contributed by atoms with Crippen molar-refractivity contribution in [3.05, 3.63) is 0 Å². The summed E-state index contributed by atoms with van der Waals surface area (Å²) in [6.07, 6.45) is 3.38. The summed E-state index contributed by atoms with van der Waals surface area (Å²) in [5, 5.41) is 20.9. The lowest BCUT2D eigenvalue weighted by Crippen LogP contribution is -2.24. The lowest BCUT2D eigenvalue weighted by molar-refractivity contribution is -0.133. The fourth-order valence-corrected chi connectivity index (χ4v) is 3.40. The number of carbonyl (C=O) groups is 1. The zero-order chi connectivity index (χ0) is 13.1. The third-order valence-electron chi connectivity index (χ3n) is 3.29. The monoisotopic (exact) mass is 270 g/mol. The van der Waals surface area contributed by atoms with Gasteiger partial charge in [0.05, 0.1) is 11.8 Å². The third kappa shape index (κ3) is 3.22. The lowest BCUT2D eigenvalue weighted by Gasteiger charge is -2.31. The first-order valence-corrected chi connectivity index (χ1v) is 7.17. The van der Waals surface area contributed by atoms with Crippen LogP contribution >= 0.6 is 11.8 Å². The Morgan fingerprint density at radius 2 is 2.06 bits per heavy atom. The van der Waals surface area contributed by atoms with E-state index in [0.717, 1.165) is 12.8 Å². The smallest absolute Gasteiger partial charge is 0.313 e. The van der Waals surface area contributed by atoms with Crippen molar-refractivity contribution in [3.63, 3.8) is 0 Å². The first-order chi connectivity index (χ1) is 8.56. The van der Waals surface area contributed by atoms with Crippen molar-refractivity contribution >= 4 is 17.7 Å². The Bertz CT molecular complexity index is 413. The molecule has 0 aliphatic heterocycles. The summed E-state index contributed by atoms with van der Waals surface area (Å²) in [5.74, 6) is 0.485. The summed E-state index contributed by atoms with van der Waals surface area (Å²) < 4.78 is 1.81. The number of hydrogen-bond acceptors (Lipinski definition) is 5. The van der Waals surface area contributed by atoms with Gasteiger partial charge in [0.25, 0.3) is 0 Å². The minimum atomic E-state index is -0.847. The summed E-state index contributed by atoms with van der Waals surface area (Å²) in [5.41, 5.74) is 0. The first-order valence-electron chi connectivity index (χ1n) is 6.18. The largest absolute Gasteiger partial charge is 0.481 e. The molecular formula is C11H18N4O2S. The molecule has 0 amide bonds. The molecule has 1 aromatic rings. The van der Waals surface area contributed by atoms with Crippen molar-refractivity contribution in [1.29, 1.82) is 0 Å². The van der Waals surface area contributed by atoms with E-state index in [1.54, 1.807) is 4.68 Å². The minimum absolute atomic E-state index is 0.00179. The highest BCUT2D eigenvalue weighted by molar-refractivity contribution is 7.99. The van der Waals surface area contributed by atoms with E-state index < -0.39 is 5.97 Å². The van der Waals surface area contributed by atoms with Gasteiger partial charge in [0, 0.05) is 0 Å². The Balaban J connectivity index is 2.08. The lowest BCUT2D eigenvalue weighted by atomic mass is 9.80. The van der Waals surface area contributed by atoms with Crippen LogP contribution in [-0.4, -0.2) is 37.0 Å². The van der Waals surface area contributed by atoms with Crippen molar-refractivity contribution in [2.24, 2.45) is 11.8 Å². The number of rotatable bonds is 4. The van der Waals surface area contributed by atoms with E-state index in [1.165, 1.54) is 18.2 Å². The molecule has 1 fully saturated rings. The van der Waals surface area contributed by atoms with E-state index >= 15 is 0 Å². The van der Waals surface area contributed by atoms with Crippen molar-refractivity contribution in [2.45, 2.75) is 44.3 Å².